The van der Waals surface area contributed by atoms with Gasteiger partial charge < -0.3 is 14.2 Å². The zero-order valence-electron chi connectivity index (χ0n) is 17.1. The van der Waals surface area contributed by atoms with Crippen molar-refractivity contribution in [3.05, 3.63) is 96.5 Å². The maximum Gasteiger partial charge on any atom is 0.255 e. The van der Waals surface area contributed by atoms with E-state index in [0.29, 0.717) is 28.8 Å². The summed E-state index contributed by atoms with van der Waals surface area (Å²) in [6.45, 7) is 2.01. The Kier molecular flexibility index (Phi) is 5.05. The molecule has 7 heteroatoms. The number of nitrogens with one attached hydrogen (secondary N) is 1. The summed E-state index contributed by atoms with van der Waals surface area (Å²) in [7, 11) is 0. The molecular formula is C25H18N4O3. The van der Waals surface area contributed by atoms with Gasteiger partial charge in [0, 0.05) is 27.9 Å². The van der Waals surface area contributed by atoms with Crippen LogP contribution in [-0.2, 0) is 0 Å². The van der Waals surface area contributed by atoms with Crippen LogP contribution < -0.4 is 5.32 Å². The number of amides is 1. The molecule has 2 heterocycles. The van der Waals surface area contributed by atoms with Gasteiger partial charge in [-0.25, -0.2) is 4.98 Å². The molecule has 0 bridgehead atoms. The summed E-state index contributed by atoms with van der Waals surface area (Å²) in [4.78, 5) is 16.5. The number of hydrogen-bond acceptors (Lipinski definition) is 6. The van der Waals surface area contributed by atoms with Crippen molar-refractivity contribution in [1.29, 1.82) is 0 Å². The first-order chi connectivity index (χ1) is 15.7. The lowest BCUT2D eigenvalue weighted by Gasteiger charge is -2.06. The number of benzene rings is 3. The first kappa shape index (κ1) is 19.4. The minimum Gasteiger partial charge on any atom is -0.444 e. The van der Waals surface area contributed by atoms with E-state index in [1.54, 1.807) is 30.5 Å². The van der Waals surface area contributed by atoms with E-state index < -0.39 is 0 Å². The highest BCUT2D eigenvalue weighted by Crippen LogP contribution is 2.25. The van der Waals surface area contributed by atoms with E-state index in [1.165, 1.54) is 6.39 Å². The molecule has 0 radical (unpaired) electrons. The number of hydrogen-bond donors (Lipinski definition) is 1. The topological polar surface area (TPSA) is 94.1 Å². The molecule has 0 fully saturated rings. The van der Waals surface area contributed by atoms with E-state index in [9.17, 15) is 4.79 Å². The van der Waals surface area contributed by atoms with Crippen LogP contribution >= 0.6 is 0 Å². The predicted molar refractivity (Wildman–Crippen MR) is 120 cm³/mol. The quantitative estimate of drug-likeness (QED) is 0.395. The van der Waals surface area contributed by atoms with E-state index in [0.717, 1.165) is 22.3 Å². The van der Waals surface area contributed by atoms with Crippen LogP contribution in [0.25, 0.3) is 34.2 Å². The first-order valence-electron chi connectivity index (χ1n) is 9.97. The van der Waals surface area contributed by atoms with Crippen molar-refractivity contribution < 1.29 is 13.6 Å². The van der Waals surface area contributed by atoms with Crippen LogP contribution in [0.1, 0.15) is 15.9 Å². The van der Waals surface area contributed by atoms with Crippen LogP contribution in [-0.4, -0.2) is 21.1 Å². The lowest BCUT2D eigenvalue weighted by Crippen LogP contribution is -2.11. The highest BCUT2D eigenvalue weighted by molar-refractivity contribution is 6.04. The molecule has 156 valence electrons. The van der Waals surface area contributed by atoms with Crippen molar-refractivity contribution in [1.82, 2.24) is 15.2 Å². The van der Waals surface area contributed by atoms with Gasteiger partial charge in [-0.3, -0.25) is 4.79 Å². The molecule has 2 aromatic heterocycles. The highest BCUT2D eigenvalue weighted by atomic mass is 16.4. The molecule has 5 rings (SSSR count). The van der Waals surface area contributed by atoms with Crippen molar-refractivity contribution in [2.24, 2.45) is 0 Å². The van der Waals surface area contributed by atoms with E-state index in [2.05, 4.69) is 20.5 Å². The highest BCUT2D eigenvalue weighted by Gasteiger charge is 2.12. The largest absolute Gasteiger partial charge is 0.444 e. The molecule has 3 aromatic carbocycles. The Balaban J connectivity index is 1.28. The Hall–Kier alpha value is -4.52. The Morgan fingerprint density at radius 3 is 2.25 bits per heavy atom. The molecule has 0 aliphatic carbocycles. The van der Waals surface area contributed by atoms with Gasteiger partial charge in [-0.2, -0.15) is 0 Å². The summed E-state index contributed by atoms with van der Waals surface area (Å²) in [5.41, 5.74) is 4.81. The van der Waals surface area contributed by atoms with Crippen molar-refractivity contribution in [2.45, 2.75) is 6.92 Å². The number of carbonyl (C=O) groups excluding carboxylic acids is 1. The fraction of sp³-hybridized carbons (Fsp3) is 0.0400. The number of nitrogens with zero attached hydrogens (tertiary/aromatic N) is 3. The fourth-order valence-electron chi connectivity index (χ4n) is 3.28. The molecule has 5 aromatic rings. The zero-order valence-corrected chi connectivity index (χ0v) is 17.1. The van der Waals surface area contributed by atoms with Gasteiger partial charge in [-0.1, -0.05) is 17.7 Å². The second kappa shape index (κ2) is 8.31. The van der Waals surface area contributed by atoms with Gasteiger partial charge in [-0.15, -0.1) is 10.2 Å². The first-order valence-corrected chi connectivity index (χ1v) is 9.97. The third-order valence-corrected chi connectivity index (χ3v) is 4.94. The third-order valence-electron chi connectivity index (χ3n) is 4.94. The molecular weight excluding hydrogens is 404 g/mol. The number of aromatic nitrogens is 3. The summed E-state index contributed by atoms with van der Waals surface area (Å²) in [6, 6.07) is 22.3. The summed E-state index contributed by atoms with van der Waals surface area (Å²) in [5, 5.41) is 11.2. The summed E-state index contributed by atoms with van der Waals surface area (Å²) in [5.74, 6) is 1.32. The van der Waals surface area contributed by atoms with Crippen LogP contribution in [0.4, 0.5) is 5.69 Å². The molecule has 0 atom stereocenters. The maximum atomic E-state index is 12.6. The third kappa shape index (κ3) is 4.04. The number of aryl methyl sites for hydroxylation is 1. The Bertz CT molecular complexity index is 1360. The monoisotopic (exact) mass is 422 g/mol. The Morgan fingerprint density at radius 2 is 1.56 bits per heavy atom. The standard InChI is InChI=1S/C25H18N4O3/c1-16-3-2-4-20(13-16)25-29-28-24(32-25)19-7-5-18(6-8-19)23(30)27-21-11-9-17(10-12-21)22-14-26-15-31-22/h2-15H,1H3,(H,27,30). The number of rotatable bonds is 5. The average Bonchev–Trinajstić information content (AvgIpc) is 3.53. The van der Waals surface area contributed by atoms with Gasteiger partial charge in [0.05, 0.1) is 6.20 Å². The normalized spacial score (nSPS) is 10.8. The minimum atomic E-state index is -0.213. The zero-order chi connectivity index (χ0) is 21.9. The molecule has 0 aliphatic rings. The SMILES string of the molecule is Cc1cccc(-c2nnc(-c3ccc(C(=O)Nc4ccc(-c5cnco5)cc4)cc3)o2)c1. The summed E-state index contributed by atoms with van der Waals surface area (Å²) < 4.78 is 11.1. The lowest BCUT2D eigenvalue weighted by molar-refractivity contribution is 0.102. The molecule has 32 heavy (non-hydrogen) atoms. The minimum absolute atomic E-state index is 0.213. The fourth-order valence-corrected chi connectivity index (χ4v) is 3.28. The summed E-state index contributed by atoms with van der Waals surface area (Å²) >= 11 is 0. The van der Waals surface area contributed by atoms with E-state index >= 15 is 0 Å². The van der Waals surface area contributed by atoms with Crippen molar-refractivity contribution in [2.75, 3.05) is 5.32 Å². The average molecular weight is 422 g/mol. The van der Waals surface area contributed by atoms with E-state index in [4.69, 9.17) is 8.83 Å². The smallest absolute Gasteiger partial charge is 0.255 e. The number of anilines is 1. The van der Waals surface area contributed by atoms with Gasteiger partial charge in [0.25, 0.3) is 5.91 Å². The van der Waals surface area contributed by atoms with E-state index in [-0.39, 0.29) is 5.91 Å². The van der Waals surface area contributed by atoms with E-state index in [1.807, 2.05) is 55.5 Å². The molecule has 0 spiro atoms. The van der Waals surface area contributed by atoms with Crippen LogP contribution in [0, 0.1) is 6.92 Å². The van der Waals surface area contributed by atoms with Crippen LogP contribution in [0.5, 0.6) is 0 Å². The van der Waals surface area contributed by atoms with Crippen LogP contribution in [0.3, 0.4) is 0 Å². The van der Waals surface area contributed by atoms with Crippen LogP contribution in [0.15, 0.2) is 94.2 Å². The lowest BCUT2D eigenvalue weighted by atomic mass is 10.1. The van der Waals surface area contributed by atoms with Gasteiger partial charge in [-0.05, 0) is 67.6 Å². The van der Waals surface area contributed by atoms with Gasteiger partial charge in [0.15, 0.2) is 12.2 Å². The Morgan fingerprint density at radius 1 is 0.844 bits per heavy atom. The molecule has 1 amide bonds. The number of carbonyl (C=O) groups is 1. The summed E-state index contributed by atoms with van der Waals surface area (Å²) in [6.07, 6.45) is 3.02. The molecule has 0 saturated heterocycles. The van der Waals surface area contributed by atoms with Crippen molar-refractivity contribution in [3.63, 3.8) is 0 Å². The van der Waals surface area contributed by atoms with Gasteiger partial charge >= 0.3 is 0 Å². The molecule has 0 saturated carbocycles. The molecule has 1 N–H and O–H groups in total. The molecule has 7 nitrogen and oxygen atoms in total. The van der Waals surface area contributed by atoms with Crippen molar-refractivity contribution in [3.8, 4) is 34.2 Å². The molecule has 0 aliphatic heterocycles. The molecule has 0 unspecified atom stereocenters. The predicted octanol–water partition coefficient (Wildman–Crippen LogP) is 5.62. The second-order valence-corrected chi connectivity index (χ2v) is 7.26. The van der Waals surface area contributed by atoms with Gasteiger partial charge in [0.2, 0.25) is 11.8 Å². The second-order valence-electron chi connectivity index (χ2n) is 7.26. The van der Waals surface area contributed by atoms with Gasteiger partial charge in [0.1, 0.15) is 0 Å². The number of oxazole rings is 1. The van der Waals surface area contributed by atoms with Crippen LogP contribution in [0.2, 0.25) is 0 Å². The maximum absolute atomic E-state index is 12.6. The Labute approximate surface area is 183 Å². The van der Waals surface area contributed by atoms with Crippen molar-refractivity contribution >= 4 is 11.6 Å².